The summed E-state index contributed by atoms with van der Waals surface area (Å²) < 4.78 is 0.997. The van der Waals surface area contributed by atoms with E-state index in [2.05, 4.69) is 27.0 Å². The van der Waals surface area contributed by atoms with Gasteiger partial charge in [0.05, 0.1) is 11.3 Å². The van der Waals surface area contributed by atoms with Crippen LogP contribution in [0.3, 0.4) is 0 Å². The van der Waals surface area contributed by atoms with Gasteiger partial charge in [-0.2, -0.15) is 5.26 Å². The number of rotatable bonds is 2. The summed E-state index contributed by atoms with van der Waals surface area (Å²) in [5, 5.41) is 9.43. The van der Waals surface area contributed by atoms with Crippen LogP contribution in [0.15, 0.2) is 65.1 Å². The molecule has 3 rings (SSSR count). The Bertz CT molecular complexity index is 853. The minimum Gasteiger partial charge on any atom is -0.234 e. The molecular formula is C18H10BrClN2. The summed E-state index contributed by atoms with van der Waals surface area (Å²) in [6.07, 6.45) is 0. The summed E-state index contributed by atoms with van der Waals surface area (Å²) in [5.41, 5.74) is 3.99. The highest BCUT2D eigenvalue weighted by Gasteiger charge is 2.13. The maximum Gasteiger partial charge on any atom is 0.147 e. The molecule has 0 aliphatic heterocycles. The number of hydrogen-bond donors (Lipinski definition) is 0. The Morgan fingerprint density at radius 3 is 2.27 bits per heavy atom. The quantitative estimate of drug-likeness (QED) is 0.543. The predicted molar refractivity (Wildman–Crippen MR) is 92.5 cm³/mol. The van der Waals surface area contributed by atoms with Crippen LogP contribution in [0.5, 0.6) is 0 Å². The van der Waals surface area contributed by atoms with Gasteiger partial charge in [0, 0.05) is 15.6 Å². The van der Waals surface area contributed by atoms with E-state index in [1.165, 1.54) is 0 Å². The molecule has 2 aromatic carbocycles. The molecule has 0 amide bonds. The van der Waals surface area contributed by atoms with Crippen molar-refractivity contribution < 1.29 is 0 Å². The second kappa shape index (κ2) is 6.31. The SMILES string of the molecule is N#Cc1cc(-c2ccccc2)c(-c2ccc(Br)cc2)nc1Cl. The molecule has 22 heavy (non-hydrogen) atoms. The molecule has 0 atom stereocenters. The summed E-state index contributed by atoms with van der Waals surface area (Å²) in [6, 6.07) is 21.6. The van der Waals surface area contributed by atoms with E-state index in [1.807, 2.05) is 54.6 Å². The van der Waals surface area contributed by atoms with E-state index in [4.69, 9.17) is 11.6 Å². The van der Waals surface area contributed by atoms with E-state index in [0.29, 0.717) is 5.56 Å². The average molecular weight is 370 g/mol. The Morgan fingerprint density at radius 1 is 0.955 bits per heavy atom. The van der Waals surface area contributed by atoms with Crippen LogP contribution in [0.25, 0.3) is 22.4 Å². The van der Waals surface area contributed by atoms with Crippen LogP contribution in [-0.2, 0) is 0 Å². The molecule has 106 valence electrons. The van der Waals surface area contributed by atoms with E-state index in [-0.39, 0.29) is 5.15 Å². The Hall–Kier alpha value is -2.15. The third kappa shape index (κ3) is 2.89. The van der Waals surface area contributed by atoms with E-state index < -0.39 is 0 Å². The summed E-state index contributed by atoms with van der Waals surface area (Å²) >= 11 is 9.56. The fourth-order valence-corrected chi connectivity index (χ4v) is 2.68. The van der Waals surface area contributed by atoms with Crippen LogP contribution in [0, 0.1) is 11.3 Å². The van der Waals surface area contributed by atoms with Crippen molar-refractivity contribution in [1.82, 2.24) is 4.98 Å². The lowest BCUT2D eigenvalue weighted by Crippen LogP contribution is -1.93. The normalized spacial score (nSPS) is 10.2. The molecule has 4 heteroatoms. The molecule has 0 spiro atoms. The molecule has 3 aromatic rings. The number of halogens is 2. The smallest absolute Gasteiger partial charge is 0.147 e. The van der Waals surface area contributed by atoms with E-state index in [0.717, 1.165) is 26.9 Å². The van der Waals surface area contributed by atoms with Gasteiger partial charge in [-0.05, 0) is 23.8 Å². The number of hydrogen-bond acceptors (Lipinski definition) is 2. The van der Waals surface area contributed by atoms with Crippen molar-refractivity contribution >= 4 is 27.5 Å². The van der Waals surface area contributed by atoms with Crippen molar-refractivity contribution in [2.24, 2.45) is 0 Å². The fourth-order valence-electron chi connectivity index (χ4n) is 2.23. The first-order valence-corrected chi connectivity index (χ1v) is 7.78. The van der Waals surface area contributed by atoms with Crippen LogP contribution >= 0.6 is 27.5 Å². The molecule has 0 radical (unpaired) electrons. The summed E-state index contributed by atoms with van der Waals surface area (Å²) in [7, 11) is 0. The molecule has 0 N–H and O–H groups in total. The number of nitriles is 1. The molecule has 0 bridgehead atoms. The molecule has 1 aromatic heterocycles. The maximum absolute atomic E-state index is 9.21. The van der Waals surface area contributed by atoms with Gasteiger partial charge in [0.25, 0.3) is 0 Å². The van der Waals surface area contributed by atoms with Gasteiger partial charge in [-0.1, -0.05) is 70.0 Å². The van der Waals surface area contributed by atoms with Crippen LogP contribution in [-0.4, -0.2) is 4.98 Å². The monoisotopic (exact) mass is 368 g/mol. The molecular weight excluding hydrogens is 360 g/mol. The van der Waals surface area contributed by atoms with Gasteiger partial charge in [-0.25, -0.2) is 4.98 Å². The molecule has 0 saturated heterocycles. The van der Waals surface area contributed by atoms with E-state index in [9.17, 15) is 5.26 Å². The lowest BCUT2D eigenvalue weighted by molar-refractivity contribution is 1.30. The van der Waals surface area contributed by atoms with Crippen molar-refractivity contribution in [3.8, 4) is 28.5 Å². The zero-order valence-corrected chi connectivity index (χ0v) is 13.8. The largest absolute Gasteiger partial charge is 0.234 e. The number of nitrogens with zero attached hydrogens (tertiary/aromatic N) is 2. The van der Waals surface area contributed by atoms with Gasteiger partial charge in [0.2, 0.25) is 0 Å². The third-order valence-electron chi connectivity index (χ3n) is 3.30. The molecule has 0 unspecified atom stereocenters. The van der Waals surface area contributed by atoms with Crippen LogP contribution in [0.1, 0.15) is 5.56 Å². The highest BCUT2D eigenvalue weighted by Crippen LogP contribution is 2.33. The van der Waals surface area contributed by atoms with Gasteiger partial charge < -0.3 is 0 Å². The molecule has 0 saturated carbocycles. The summed E-state index contributed by atoms with van der Waals surface area (Å²) in [6.45, 7) is 0. The number of pyridine rings is 1. The zero-order valence-electron chi connectivity index (χ0n) is 11.4. The molecule has 1 heterocycles. The lowest BCUT2D eigenvalue weighted by atomic mass is 9.98. The van der Waals surface area contributed by atoms with Crippen molar-refractivity contribution in [3.05, 3.63) is 75.9 Å². The van der Waals surface area contributed by atoms with E-state index >= 15 is 0 Å². The Morgan fingerprint density at radius 2 is 1.64 bits per heavy atom. The Balaban J connectivity index is 2.27. The van der Waals surface area contributed by atoms with Crippen molar-refractivity contribution in [2.75, 3.05) is 0 Å². The minimum absolute atomic E-state index is 0.222. The summed E-state index contributed by atoms with van der Waals surface area (Å²) in [4.78, 5) is 4.45. The lowest BCUT2D eigenvalue weighted by Gasteiger charge is -2.11. The zero-order chi connectivity index (χ0) is 15.5. The van der Waals surface area contributed by atoms with Gasteiger partial charge >= 0.3 is 0 Å². The molecule has 2 nitrogen and oxygen atoms in total. The third-order valence-corrected chi connectivity index (χ3v) is 4.12. The first-order valence-electron chi connectivity index (χ1n) is 6.61. The highest BCUT2D eigenvalue weighted by atomic mass is 79.9. The minimum atomic E-state index is 0.222. The molecule has 0 aliphatic carbocycles. The van der Waals surface area contributed by atoms with Crippen molar-refractivity contribution in [2.45, 2.75) is 0 Å². The van der Waals surface area contributed by atoms with Crippen LogP contribution in [0.2, 0.25) is 5.15 Å². The second-order valence-corrected chi connectivity index (χ2v) is 5.98. The van der Waals surface area contributed by atoms with Gasteiger partial charge in [0.15, 0.2) is 0 Å². The second-order valence-electron chi connectivity index (χ2n) is 4.71. The Labute approximate surface area is 142 Å². The number of aromatic nitrogens is 1. The van der Waals surface area contributed by atoms with Crippen LogP contribution < -0.4 is 0 Å². The average Bonchev–Trinajstić information content (AvgIpc) is 2.56. The first kappa shape index (κ1) is 14.8. The van der Waals surface area contributed by atoms with Crippen molar-refractivity contribution in [3.63, 3.8) is 0 Å². The van der Waals surface area contributed by atoms with E-state index in [1.54, 1.807) is 6.07 Å². The molecule has 0 fully saturated rings. The number of benzene rings is 2. The molecule has 0 aliphatic rings. The predicted octanol–water partition coefficient (Wildman–Crippen LogP) is 5.70. The van der Waals surface area contributed by atoms with Gasteiger partial charge in [-0.15, -0.1) is 0 Å². The fraction of sp³-hybridized carbons (Fsp3) is 0. The Kier molecular flexibility index (Phi) is 4.24. The first-order chi connectivity index (χ1) is 10.7. The standard InChI is InChI=1S/C18H10BrClN2/c19-15-8-6-13(7-9-15)17-16(12-4-2-1-3-5-12)10-14(11-21)18(20)22-17/h1-10H. The van der Waals surface area contributed by atoms with Gasteiger partial charge in [-0.3, -0.25) is 0 Å². The maximum atomic E-state index is 9.21. The topological polar surface area (TPSA) is 36.7 Å². The highest BCUT2D eigenvalue weighted by molar-refractivity contribution is 9.10. The van der Waals surface area contributed by atoms with Crippen molar-refractivity contribution in [1.29, 1.82) is 5.26 Å². The van der Waals surface area contributed by atoms with Gasteiger partial charge in [0.1, 0.15) is 11.2 Å². The summed E-state index contributed by atoms with van der Waals surface area (Å²) in [5.74, 6) is 0. The van der Waals surface area contributed by atoms with Crippen LogP contribution in [0.4, 0.5) is 0 Å².